The van der Waals surface area contributed by atoms with Gasteiger partial charge < -0.3 is 24.2 Å². The third-order valence-corrected chi connectivity index (χ3v) is 20.0. The Morgan fingerprint density at radius 3 is 1.11 bits per heavy atom. The second kappa shape index (κ2) is 25.3. The largest absolute Gasteiger partial charge is 0.311 e. The van der Waals surface area contributed by atoms with Gasteiger partial charge in [-0.2, -0.15) is 0 Å². The molecule has 0 aliphatic carbocycles. The van der Waals surface area contributed by atoms with E-state index in [4.69, 9.17) is 15.0 Å². The van der Waals surface area contributed by atoms with Gasteiger partial charge in [0.25, 0.3) is 6.71 Å². The van der Waals surface area contributed by atoms with Crippen molar-refractivity contribution in [1.82, 2.24) is 19.5 Å². The zero-order valence-electron chi connectivity index (χ0n) is 55.5. The molecule has 9 heteroatoms. The Balaban J connectivity index is 0.813. The summed E-state index contributed by atoms with van der Waals surface area (Å²) in [5.41, 5.74) is 26.9. The highest BCUT2D eigenvalue weighted by Crippen LogP contribution is 2.48. The molecular formula is C93H63BN8. The van der Waals surface area contributed by atoms with Crippen LogP contribution in [0.2, 0.25) is 0 Å². The molecule has 0 saturated heterocycles. The molecule has 2 aromatic heterocycles. The molecule has 0 fully saturated rings. The van der Waals surface area contributed by atoms with Crippen LogP contribution >= 0.6 is 0 Å². The first-order chi connectivity index (χ1) is 50.6. The molecule has 8 nitrogen and oxygen atoms in total. The van der Waals surface area contributed by atoms with Crippen LogP contribution in [0.25, 0.3) is 83.9 Å². The number of aromatic nitrogens is 4. The van der Waals surface area contributed by atoms with Crippen LogP contribution in [0.1, 0.15) is 0 Å². The van der Waals surface area contributed by atoms with E-state index in [1.807, 2.05) is 36.4 Å². The molecule has 0 saturated carbocycles. The summed E-state index contributed by atoms with van der Waals surface area (Å²) < 4.78 is 2.46. The number of fused-ring (bicyclic) bond motifs is 7. The number of benzene rings is 15. The SMILES string of the molecule is c1ccc(-c2nc(-c3ccccc3)nc(-c3cccc(-c4cccc(-c5ccc(N6c7ccccc7B7c8ccccc8N(c8ccccc8)c8cccc6c87)cc5)c4)c3-n3c4ccc(N(c5ccccc5)c5ccccc5)cc4c4cc(N(c5ccccc5)c5ccccc5)ccc43)n2)cc1. The fraction of sp³-hybridized carbons (Fsp3) is 0. The van der Waals surface area contributed by atoms with Crippen LogP contribution in [0.3, 0.4) is 0 Å². The lowest BCUT2D eigenvalue weighted by Gasteiger charge is -2.44. The summed E-state index contributed by atoms with van der Waals surface area (Å²) >= 11 is 0. The van der Waals surface area contributed by atoms with Gasteiger partial charge in [0.15, 0.2) is 17.5 Å². The fourth-order valence-corrected chi connectivity index (χ4v) is 15.5. The van der Waals surface area contributed by atoms with Crippen molar-refractivity contribution >= 4 is 113 Å². The lowest BCUT2D eigenvalue weighted by Crippen LogP contribution is -2.61. The highest BCUT2D eigenvalue weighted by atomic mass is 15.2. The Morgan fingerprint density at radius 2 is 0.618 bits per heavy atom. The van der Waals surface area contributed by atoms with Crippen molar-refractivity contribution < 1.29 is 0 Å². The summed E-state index contributed by atoms with van der Waals surface area (Å²) in [6, 6.07) is 137. The highest BCUT2D eigenvalue weighted by molar-refractivity contribution is 7.00. The Hall–Kier alpha value is -13.6. The molecule has 2 aliphatic rings. The van der Waals surface area contributed by atoms with Crippen molar-refractivity contribution in [3.63, 3.8) is 0 Å². The molecule has 0 bridgehead atoms. The Kier molecular flexibility index (Phi) is 14.8. The summed E-state index contributed by atoms with van der Waals surface area (Å²) in [5, 5.41) is 2.15. The van der Waals surface area contributed by atoms with E-state index in [0.29, 0.717) is 17.5 Å². The van der Waals surface area contributed by atoms with Gasteiger partial charge in [-0.25, -0.2) is 15.0 Å². The van der Waals surface area contributed by atoms with Crippen molar-refractivity contribution in [3.05, 3.63) is 382 Å². The molecule has 0 radical (unpaired) electrons. The van der Waals surface area contributed by atoms with Gasteiger partial charge in [0.1, 0.15) is 0 Å². The van der Waals surface area contributed by atoms with Gasteiger partial charge in [-0.15, -0.1) is 0 Å². The second-order valence-corrected chi connectivity index (χ2v) is 25.9. The Labute approximate surface area is 593 Å². The van der Waals surface area contributed by atoms with Crippen LogP contribution in [0.15, 0.2) is 382 Å². The molecular weight excluding hydrogens is 1240 g/mol. The zero-order chi connectivity index (χ0) is 67.5. The molecule has 0 unspecified atom stereocenters. The Bertz CT molecular complexity index is 5680. The number of anilines is 12. The normalized spacial score (nSPS) is 12.1. The third kappa shape index (κ3) is 10.4. The van der Waals surface area contributed by atoms with E-state index in [1.165, 1.54) is 39.1 Å². The van der Waals surface area contributed by atoms with Crippen molar-refractivity contribution in [2.45, 2.75) is 0 Å². The number of rotatable bonds is 14. The fourth-order valence-electron chi connectivity index (χ4n) is 15.5. The van der Waals surface area contributed by atoms with Crippen LogP contribution < -0.4 is 36.0 Å². The third-order valence-electron chi connectivity index (χ3n) is 20.0. The van der Waals surface area contributed by atoms with Gasteiger partial charge in [0, 0.05) is 101 Å². The molecule has 0 spiro atoms. The maximum absolute atomic E-state index is 5.50. The minimum absolute atomic E-state index is 0.0545. The van der Waals surface area contributed by atoms with E-state index in [0.717, 1.165) is 112 Å². The van der Waals surface area contributed by atoms with E-state index in [9.17, 15) is 0 Å². The summed E-state index contributed by atoms with van der Waals surface area (Å²) in [4.78, 5) is 25.8. The van der Waals surface area contributed by atoms with Crippen molar-refractivity contribution in [3.8, 4) is 62.1 Å². The average Bonchev–Trinajstić information content (AvgIpc) is 0.833. The summed E-state index contributed by atoms with van der Waals surface area (Å²) in [6.45, 7) is 0.0545. The van der Waals surface area contributed by atoms with E-state index in [-0.39, 0.29) is 6.71 Å². The predicted octanol–water partition coefficient (Wildman–Crippen LogP) is 22.3. The lowest BCUT2D eigenvalue weighted by molar-refractivity contribution is 1.06. The summed E-state index contributed by atoms with van der Waals surface area (Å²) in [6.07, 6.45) is 0. The lowest BCUT2D eigenvalue weighted by atomic mass is 9.33. The summed E-state index contributed by atoms with van der Waals surface area (Å²) in [7, 11) is 0. The van der Waals surface area contributed by atoms with Crippen molar-refractivity contribution in [1.29, 1.82) is 0 Å². The molecule has 102 heavy (non-hydrogen) atoms. The van der Waals surface area contributed by atoms with Crippen LogP contribution in [-0.4, -0.2) is 26.2 Å². The monoisotopic (exact) mass is 1300 g/mol. The van der Waals surface area contributed by atoms with Crippen LogP contribution in [0.5, 0.6) is 0 Å². The summed E-state index contributed by atoms with van der Waals surface area (Å²) in [5.74, 6) is 1.72. The second-order valence-electron chi connectivity index (χ2n) is 25.9. The van der Waals surface area contributed by atoms with Crippen molar-refractivity contribution in [2.75, 3.05) is 19.6 Å². The highest BCUT2D eigenvalue weighted by Gasteiger charge is 2.43. The van der Waals surface area contributed by atoms with Crippen LogP contribution in [0.4, 0.5) is 68.2 Å². The molecule has 478 valence electrons. The van der Waals surface area contributed by atoms with Crippen molar-refractivity contribution in [2.24, 2.45) is 0 Å². The van der Waals surface area contributed by atoms with Gasteiger partial charge in [0.2, 0.25) is 0 Å². The average molecular weight is 1300 g/mol. The zero-order valence-corrected chi connectivity index (χ0v) is 55.5. The minimum atomic E-state index is 0.0545. The Morgan fingerprint density at radius 1 is 0.245 bits per heavy atom. The smallest absolute Gasteiger partial charge is 0.252 e. The first-order valence-corrected chi connectivity index (χ1v) is 34.7. The topological polar surface area (TPSA) is 56.6 Å². The molecule has 15 aromatic carbocycles. The molecule has 0 atom stereocenters. The standard InChI is InChI=1S/C93H63BN8/c1-8-29-65(30-9-1)91-95-92(66-31-10-2-11-32-66)97-93(96-91)78-46-27-45-77(68-34-26-33-67(61-68)64-53-55-74(56-54-64)101-86-50-25-23-48-82(86)94-81-47-22-24-49-85(81)100(73-43-20-7-21-44-73)87-51-28-52-88(101)89(87)94)90(78)102-83-59-57-75(98(69-35-12-3-13-36-69)70-37-14-4-15-38-70)62-79(83)80-63-76(58-60-84(80)102)99(71-39-16-5-17-40-71)72-41-18-6-19-42-72/h1-63H. The first-order valence-electron chi connectivity index (χ1n) is 34.7. The maximum Gasteiger partial charge on any atom is 0.252 e. The number of hydrogen-bond acceptors (Lipinski definition) is 7. The van der Waals surface area contributed by atoms with E-state index < -0.39 is 0 Å². The van der Waals surface area contributed by atoms with E-state index >= 15 is 0 Å². The van der Waals surface area contributed by atoms with E-state index in [1.54, 1.807) is 0 Å². The maximum atomic E-state index is 5.50. The molecule has 0 amide bonds. The van der Waals surface area contributed by atoms with Gasteiger partial charge in [-0.1, -0.05) is 237 Å². The number of hydrogen-bond donors (Lipinski definition) is 0. The quantitative estimate of drug-likeness (QED) is 0.101. The predicted molar refractivity (Wildman–Crippen MR) is 425 cm³/mol. The van der Waals surface area contributed by atoms with Gasteiger partial charge >= 0.3 is 0 Å². The minimum Gasteiger partial charge on any atom is -0.311 e. The molecule has 2 aliphatic heterocycles. The number of nitrogens with zero attached hydrogens (tertiary/aromatic N) is 8. The molecule has 19 rings (SSSR count). The molecule has 17 aromatic rings. The van der Waals surface area contributed by atoms with Crippen LogP contribution in [-0.2, 0) is 0 Å². The van der Waals surface area contributed by atoms with Gasteiger partial charge in [-0.05, 0) is 179 Å². The van der Waals surface area contributed by atoms with Gasteiger partial charge in [0.05, 0.1) is 16.7 Å². The molecule has 0 N–H and O–H groups in total. The first kappa shape index (κ1) is 59.6. The van der Waals surface area contributed by atoms with E-state index in [2.05, 4.69) is 370 Å². The van der Waals surface area contributed by atoms with Gasteiger partial charge in [-0.3, -0.25) is 0 Å². The van der Waals surface area contributed by atoms with Crippen LogP contribution in [0, 0.1) is 0 Å². The molecule has 4 heterocycles. The number of para-hydroxylation sites is 8.